The van der Waals surface area contributed by atoms with Crippen molar-refractivity contribution in [2.75, 3.05) is 0 Å². The first-order valence-corrected chi connectivity index (χ1v) is 5.69. The van der Waals surface area contributed by atoms with Crippen LogP contribution in [0.3, 0.4) is 0 Å². The monoisotopic (exact) mass is 222 g/mol. The van der Waals surface area contributed by atoms with Crippen molar-refractivity contribution in [3.05, 3.63) is 41.9 Å². The van der Waals surface area contributed by atoms with Gasteiger partial charge in [-0.15, -0.1) is 0 Å². The Hall–Kier alpha value is -2.23. The van der Waals surface area contributed by atoms with Gasteiger partial charge in [-0.05, 0) is 30.0 Å². The highest BCUT2D eigenvalue weighted by atomic mass is 15.1. The quantitative estimate of drug-likeness (QED) is 0.633. The molecule has 0 unspecified atom stereocenters. The average molecular weight is 222 g/mol. The van der Waals surface area contributed by atoms with Gasteiger partial charge in [0.25, 0.3) is 0 Å². The van der Waals surface area contributed by atoms with Gasteiger partial charge in [-0.1, -0.05) is 6.07 Å². The lowest BCUT2D eigenvalue weighted by Crippen LogP contribution is -2.06. The van der Waals surface area contributed by atoms with Crippen molar-refractivity contribution in [3.8, 4) is 11.3 Å². The van der Waals surface area contributed by atoms with Gasteiger partial charge in [0.1, 0.15) is 0 Å². The molecule has 17 heavy (non-hydrogen) atoms. The van der Waals surface area contributed by atoms with Crippen molar-refractivity contribution >= 4 is 11.0 Å². The summed E-state index contributed by atoms with van der Waals surface area (Å²) in [6.45, 7) is 0. The zero-order chi connectivity index (χ0) is 11.2. The Morgan fingerprint density at radius 2 is 2.00 bits per heavy atom. The first kappa shape index (κ1) is 8.87. The summed E-state index contributed by atoms with van der Waals surface area (Å²) in [7, 11) is 0. The molecule has 0 spiro atoms. The SMILES string of the molecule is c1cnc2c(c1)CCc1cnc3[nH]ncc3c1-2. The highest BCUT2D eigenvalue weighted by molar-refractivity contribution is 5.94. The molecule has 3 heterocycles. The Bertz CT molecular complexity index is 714. The van der Waals surface area contributed by atoms with E-state index >= 15 is 0 Å². The molecule has 3 aromatic rings. The van der Waals surface area contributed by atoms with Crippen LogP contribution in [0.1, 0.15) is 11.1 Å². The van der Waals surface area contributed by atoms with Crippen molar-refractivity contribution < 1.29 is 0 Å². The summed E-state index contributed by atoms with van der Waals surface area (Å²) in [4.78, 5) is 8.90. The third-order valence-corrected chi connectivity index (χ3v) is 3.35. The zero-order valence-corrected chi connectivity index (χ0v) is 9.14. The van der Waals surface area contributed by atoms with Crippen LogP contribution in [-0.4, -0.2) is 20.2 Å². The second-order valence-corrected chi connectivity index (χ2v) is 4.30. The second-order valence-electron chi connectivity index (χ2n) is 4.30. The molecule has 0 fully saturated rings. The second kappa shape index (κ2) is 3.13. The number of H-pyrrole nitrogens is 1. The topological polar surface area (TPSA) is 54.5 Å². The number of nitrogens with one attached hydrogen (secondary N) is 1. The fraction of sp³-hybridized carbons (Fsp3) is 0.154. The Balaban J connectivity index is 2.16. The molecule has 0 atom stereocenters. The van der Waals surface area contributed by atoms with Gasteiger partial charge in [0, 0.05) is 23.3 Å². The van der Waals surface area contributed by atoms with Crippen molar-refractivity contribution in [1.82, 2.24) is 20.2 Å². The van der Waals surface area contributed by atoms with Crippen LogP contribution in [0.2, 0.25) is 0 Å². The largest absolute Gasteiger partial charge is 0.261 e. The first-order chi connectivity index (χ1) is 8.43. The Kier molecular flexibility index (Phi) is 1.63. The number of fused-ring (bicyclic) bond motifs is 5. The first-order valence-electron chi connectivity index (χ1n) is 5.69. The van der Waals surface area contributed by atoms with E-state index in [2.05, 4.69) is 26.2 Å². The van der Waals surface area contributed by atoms with E-state index in [1.807, 2.05) is 24.7 Å². The minimum absolute atomic E-state index is 0.835. The molecule has 0 radical (unpaired) electrons. The van der Waals surface area contributed by atoms with Gasteiger partial charge in [0.05, 0.1) is 11.9 Å². The maximum absolute atomic E-state index is 4.52. The predicted octanol–water partition coefficient (Wildman–Crippen LogP) is 2.12. The third kappa shape index (κ3) is 1.15. The number of aromatic nitrogens is 4. The summed E-state index contributed by atoms with van der Waals surface area (Å²) in [6, 6.07) is 4.15. The van der Waals surface area contributed by atoms with Crippen molar-refractivity contribution in [2.45, 2.75) is 12.8 Å². The number of pyridine rings is 2. The Labute approximate surface area is 97.7 Å². The Morgan fingerprint density at radius 1 is 1.06 bits per heavy atom. The van der Waals surface area contributed by atoms with Crippen molar-refractivity contribution in [1.29, 1.82) is 0 Å². The van der Waals surface area contributed by atoms with Crippen molar-refractivity contribution in [2.24, 2.45) is 0 Å². The lowest BCUT2D eigenvalue weighted by Gasteiger charge is -2.18. The number of nitrogens with zero attached hydrogens (tertiary/aromatic N) is 3. The van der Waals surface area contributed by atoms with E-state index in [0.29, 0.717) is 0 Å². The number of aryl methyl sites for hydroxylation is 2. The van der Waals surface area contributed by atoms with Gasteiger partial charge in [0.15, 0.2) is 5.65 Å². The van der Waals surface area contributed by atoms with E-state index in [1.54, 1.807) is 0 Å². The molecule has 0 saturated carbocycles. The molecule has 0 amide bonds. The molecule has 4 nitrogen and oxygen atoms in total. The van der Waals surface area contributed by atoms with Gasteiger partial charge in [-0.25, -0.2) is 4.98 Å². The van der Waals surface area contributed by atoms with E-state index in [4.69, 9.17) is 0 Å². The maximum Gasteiger partial charge on any atom is 0.155 e. The molecule has 0 bridgehead atoms. The van der Waals surface area contributed by atoms with E-state index < -0.39 is 0 Å². The van der Waals surface area contributed by atoms with Gasteiger partial charge >= 0.3 is 0 Å². The minimum Gasteiger partial charge on any atom is -0.261 e. The Morgan fingerprint density at radius 3 is 3.00 bits per heavy atom. The molecule has 1 aliphatic rings. The molecular weight excluding hydrogens is 212 g/mol. The van der Waals surface area contributed by atoms with Gasteiger partial charge in [-0.3, -0.25) is 10.1 Å². The van der Waals surface area contributed by atoms with Gasteiger partial charge < -0.3 is 0 Å². The van der Waals surface area contributed by atoms with Gasteiger partial charge in [-0.2, -0.15) is 5.10 Å². The fourth-order valence-corrected chi connectivity index (χ4v) is 2.54. The van der Waals surface area contributed by atoms with E-state index in [-0.39, 0.29) is 0 Å². The van der Waals surface area contributed by atoms with Crippen LogP contribution < -0.4 is 0 Å². The van der Waals surface area contributed by atoms with Crippen LogP contribution in [0.5, 0.6) is 0 Å². The van der Waals surface area contributed by atoms with Crippen LogP contribution in [0.25, 0.3) is 22.3 Å². The molecule has 1 aliphatic carbocycles. The summed E-state index contributed by atoms with van der Waals surface area (Å²) in [5.41, 5.74) is 5.70. The highest BCUT2D eigenvalue weighted by Crippen LogP contribution is 2.35. The van der Waals surface area contributed by atoms with E-state index in [1.165, 1.54) is 16.7 Å². The molecular formula is C13H10N4. The average Bonchev–Trinajstić information content (AvgIpc) is 2.86. The number of hydrogen-bond donors (Lipinski definition) is 1. The summed E-state index contributed by atoms with van der Waals surface area (Å²) < 4.78 is 0. The third-order valence-electron chi connectivity index (χ3n) is 3.35. The van der Waals surface area contributed by atoms with Crippen LogP contribution in [-0.2, 0) is 12.8 Å². The maximum atomic E-state index is 4.52. The summed E-state index contributed by atoms with van der Waals surface area (Å²) >= 11 is 0. The molecule has 82 valence electrons. The van der Waals surface area contributed by atoms with E-state index in [9.17, 15) is 0 Å². The predicted molar refractivity (Wildman–Crippen MR) is 64.5 cm³/mol. The lowest BCUT2D eigenvalue weighted by atomic mass is 9.89. The zero-order valence-electron chi connectivity index (χ0n) is 9.14. The summed E-state index contributed by atoms with van der Waals surface area (Å²) in [5, 5.41) is 8.05. The highest BCUT2D eigenvalue weighted by Gasteiger charge is 2.20. The summed E-state index contributed by atoms with van der Waals surface area (Å²) in [5.74, 6) is 0. The minimum atomic E-state index is 0.835. The fourth-order valence-electron chi connectivity index (χ4n) is 2.54. The number of rotatable bonds is 0. The van der Waals surface area contributed by atoms with Crippen LogP contribution >= 0.6 is 0 Å². The van der Waals surface area contributed by atoms with Crippen molar-refractivity contribution in [3.63, 3.8) is 0 Å². The molecule has 0 aliphatic heterocycles. The number of aromatic amines is 1. The van der Waals surface area contributed by atoms with Crippen LogP contribution in [0, 0.1) is 0 Å². The molecule has 4 heteroatoms. The molecule has 0 saturated heterocycles. The molecule has 1 N–H and O–H groups in total. The normalized spacial score (nSPS) is 13.4. The smallest absolute Gasteiger partial charge is 0.155 e. The standard InChI is InChI=1S/C13H10N4/c1-2-8-3-4-9-6-15-13-10(7-16-17-13)11(9)12(8)14-5-1/h1-2,5-7H,3-4H2,(H,15,16,17). The molecule has 0 aromatic carbocycles. The molecule has 4 rings (SSSR count). The lowest BCUT2D eigenvalue weighted by molar-refractivity contribution is 0.923. The van der Waals surface area contributed by atoms with Crippen LogP contribution in [0.15, 0.2) is 30.7 Å². The van der Waals surface area contributed by atoms with E-state index in [0.717, 1.165) is 29.6 Å². The van der Waals surface area contributed by atoms with Crippen LogP contribution in [0.4, 0.5) is 0 Å². The number of hydrogen-bond acceptors (Lipinski definition) is 3. The molecule has 3 aromatic heterocycles. The summed E-state index contributed by atoms with van der Waals surface area (Å²) in [6.07, 6.45) is 7.70. The van der Waals surface area contributed by atoms with Gasteiger partial charge in [0.2, 0.25) is 0 Å².